The highest BCUT2D eigenvalue weighted by atomic mass is 19.4. The number of nitrogens with zero attached hydrogens (tertiary/aromatic N) is 4. The summed E-state index contributed by atoms with van der Waals surface area (Å²) in [7, 11) is 0. The van der Waals surface area contributed by atoms with Gasteiger partial charge in [-0.1, -0.05) is 18.2 Å². The van der Waals surface area contributed by atoms with Gasteiger partial charge in [-0.2, -0.15) is 13.2 Å². The van der Waals surface area contributed by atoms with Crippen LogP contribution in [0.1, 0.15) is 12.5 Å². The summed E-state index contributed by atoms with van der Waals surface area (Å²) in [6.07, 6.45) is -4.57. The lowest BCUT2D eigenvalue weighted by atomic mass is 10.1. The second kappa shape index (κ2) is 7.68. The van der Waals surface area contributed by atoms with Gasteiger partial charge >= 0.3 is 12.2 Å². The first-order valence-corrected chi connectivity index (χ1v) is 7.73. The molecule has 0 unspecified atom stereocenters. The fraction of sp³-hybridized carbons (Fsp3) is 0.467. The van der Waals surface area contributed by atoms with E-state index in [0.29, 0.717) is 0 Å². The molecule has 1 heterocycles. The number of halogens is 3. The van der Waals surface area contributed by atoms with Gasteiger partial charge in [-0.15, -0.1) is 0 Å². The van der Waals surface area contributed by atoms with Crippen LogP contribution in [0.4, 0.5) is 23.7 Å². The Morgan fingerprint density at radius 3 is 2.46 bits per heavy atom. The van der Waals surface area contributed by atoms with Crippen LogP contribution in [0.2, 0.25) is 0 Å². The number of nitro benzene ring substituents is 1. The first-order chi connectivity index (χ1) is 12.1. The van der Waals surface area contributed by atoms with Crippen LogP contribution in [0.15, 0.2) is 24.3 Å². The minimum atomic E-state index is -4.57. The monoisotopic (exact) mass is 374 g/mol. The Morgan fingerprint density at radius 2 is 1.92 bits per heavy atom. The molecule has 1 saturated heterocycles. The van der Waals surface area contributed by atoms with Gasteiger partial charge < -0.3 is 4.90 Å². The van der Waals surface area contributed by atoms with Gasteiger partial charge in [0, 0.05) is 24.7 Å². The van der Waals surface area contributed by atoms with Crippen LogP contribution in [-0.2, 0) is 11.3 Å². The van der Waals surface area contributed by atoms with E-state index in [1.54, 1.807) is 6.92 Å². The minimum absolute atomic E-state index is 0.0899. The molecule has 1 aliphatic heterocycles. The molecule has 3 amide bonds. The summed E-state index contributed by atoms with van der Waals surface area (Å²) < 4.78 is 38.7. The lowest BCUT2D eigenvalue weighted by molar-refractivity contribution is -0.385. The Bertz CT molecular complexity index is 710. The van der Waals surface area contributed by atoms with E-state index in [1.165, 1.54) is 24.3 Å². The van der Waals surface area contributed by atoms with Crippen LogP contribution < -0.4 is 0 Å². The molecular weight excluding hydrogens is 357 g/mol. The van der Waals surface area contributed by atoms with Crippen LogP contribution in [0.5, 0.6) is 0 Å². The smallest absolute Gasteiger partial charge is 0.302 e. The SMILES string of the molecule is CCN1C(=O)CN(CN(Cc2ccccc2[N+](=O)[O-])CC(F)(F)F)C1=O. The summed E-state index contributed by atoms with van der Waals surface area (Å²) in [5.74, 6) is -0.491. The largest absolute Gasteiger partial charge is 0.401 e. The number of hydrogen-bond donors (Lipinski definition) is 0. The van der Waals surface area contributed by atoms with E-state index < -0.39 is 36.3 Å². The van der Waals surface area contributed by atoms with Gasteiger partial charge in [0.25, 0.3) is 5.69 Å². The molecule has 0 aromatic heterocycles. The van der Waals surface area contributed by atoms with Gasteiger partial charge in [-0.3, -0.25) is 24.7 Å². The number of para-hydroxylation sites is 1. The van der Waals surface area contributed by atoms with Crippen LogP contribution in [-0.4, -0.2) is 64.0 Å². The zero-order valence-corrected chi connectivity index (χ0v) is 13.9. The van der Waals surface area contributed by atoms with E-state index in [9.17, 15) is 32.9 Å². The van der Waals surface area contributed by atoms with Crippen molar-refractivity contribution in [3.05, 3.63) is 39.9 Å². The van der Waals surface area contributed by atoms with E-state index >= 15 is 0 Å². The van der Waals surface area contributed by atoms with Crippen LogP contribution in [0.3, 0.4) is 0 Å². The summed E-state index contributed by atoms with van der Waals surface area (Å²) in [4.78, 5) is 37.0. The Labute approximate surface area is 146 Å². The number of alkyl halides is 3. The molecule has 0 saturated carbocycles. The van der Waals surface area contributed by atoms with Crippen molar-refractivity contribution in [3.63, 3.8) is 0 Å². The highest BCUT2D eigenvalue weighted by Crippen LogP contribution is 2.24. The summed E-state index contributed by atoms with van der Waals surface area (Å²) in [5, 5.41) is 11.1. The second-order valence-electron chi connectivity index (χ2n) is 5.75. The molecule has 1 aromatic carbocycles. The minimum Gasteiger partial charge on any atom is -0.302 e. The van der Waals surface area contributed by atoms with Crippen LogP contribution in [0, 0.1) is 10.1 Å². The molecule has 0 N–H and O–H groups in total. The number of nitro groups is 1. The fourth-order valence-electron chi connectivity index (χ4n) is 2.73. The van der Waals surface area contributed by atoms with Crippen molar-refractivity contribution in [2.75, 3.05) is 26.3 Å². The van der Waals surface area contributed by atoms with Crippen LogP contribution >= 0.6 is 0 Å². The maximum Gasteiger partial charge on any atom is 0.401 e. The predicted octanol–water partition coefficient (Wildman–Crippen LogP) is 2.20. The van der Waals surface area contributed by atoms with E-state index in [-0.39, 0.29) is 30.9 Å². The molecule has 8 nitrogen and oxygen atoms in total. The molecule has 142 valence electrons. The molecule has 1 aromatic rings. The van der Waals surface area contributed by atoms with Crippen LogP contribution in [0.25, 0.3) is 0 Å². The molecule has 0 aliphatic carbocycles. The molecule has 1 fully saturated rings. The summed E-state index contributed by atoms with van der Waals surface area (Å²) >= 11 is 0. The third kappa shape index (κ3) is 4.69. The van der Waals surface area contributed by atoms with E-state index in [4.69, 9.17) is 0 Å². The van der Waals surface area contributed by atoms with Crippen molar-refractivity contribution in [2.45, 2.75) is 19.6 Å². The number of carbonyl (C=O) groups excluding carboxylic acids is 2. The van der Waals surface area contributed by atoms with Gasteiger partial charge in [0.1, 0.15) is 6.54 Å². The average molecular weight is 374 g/mol. The quantitative estimate of drug-likeness (QED) is 0.415. The normalized spacial score (nSPS) is 15.3. The molecule has 11 heteroatoms. The number of urea groups is 1. The Balaban J connectivity index is 2.21. The fourth-order valence-corrected chi connectivity index (χ4v) is 2.73. The zero-order valence-electron chi connectivity index (χ0n) is 13.9. The maximum atomic E-state index is 12.9. The van der Waals surface area contributed by atoms with Gasteiger partial charge in [-0.25, -0.2) is 4.79 Å². The van der Waals surface area contributed by atoms with Crippen molar-refractivity contribution >= 4 is 17.6 Å². The lowest BCUT2D eigenvalue weighted by Crippen LogP contribution is -2.44. The van der Waals surface area contributed by atoms with E-state index in [1.807, 2.05) is 0 Å². The molecular formula is C15H17F3N4O4. The van der Waals surface area contributed by atoms with Crippen molar-refractivity contribution in [3.8, 4) is 0 Å². The third-order valence-electron chi connectivity index (χ3n) is 3.80. The van der Waals surface area contributed by atoms with Crippen molar-refractivity contribution < 1.29 is 27.7 Å². The Kier molecular flexibility index (Phi) is 5.80. The third-order valence-corrected chi connectivity index (χ3v) is 3.80. The summed E-state index contributed by atoms with van der Waals surface area (Å²) in [6.45, 7) is -0.841. The molecule has 0 spiro atoms. The topological polar surface area (TPSA) is 87.0 Å². The zero-order chi connectivity index (χ0) is 19.5. The first-order valence-electron chi connectivity index (χ1n) is 7.73. The van der Waals surface area contributed by atoms with Gasteiger partial charge in [0.05, 0.1) is 18.1 Å². The molecule has 0 bridgehead atoms. The van der Waals surface area contributed by atoms with E-state index in [0.717, 1.165) is 14.7 Å². The van der Waals surface area contributed by atoms with Gasteiger partial charge in [0.15, 0.2) is 0 Å². The highest BCUT2D eigenvalue weighted by molar-refractivity contribution is 6.01. The summed E-state index contributed by atoms with van der Waals surface area (Å²) in [5.41, 5.74) is -0.217. The summed E-state index contributed by atoms with van der Waals surface area (Å²) in [6, 6.07) is 4.78. The first kappa shape index (κ1) is 19.6. The van der Waals surface area contributed by atoms with E-state index in [2.05, 4.69) is 0 Å². The number of amides is 3. The second-order valence-corrected chi connectivity index (χ2v) is 5.75. The molecule has 2 rings (SSSR count). The standard InChI is InChI=1S/C15H17F3N4O4/c1-2-21-13(23)8-20(14(21)24)10-19(9-15(16,17)18)7-11-5-3-4-6-12(11)22(25)26/h3-6H,2,7-10H2,1H3. The molecule has 0 atom stereocenters. The number of rotatable bonds is 7. The molecule has 0 radical (unpaired) electrons. The molecule has 26 heavy (non-hydrogen) atoms. The molecule has 1 aliphatic rings. The lowest BCUT2D eigenvalue weighted by Gasteiger charge is -2.28. The number of benzene rings is 1. The predicted molar refractivity (Wildman–Crippen MR) is 83.9 cm³/mol. The van der Waals surface area contributed by atoms with Gasteiger partial charge in [0.2, 0.25) is 5.91 Å². The maximum absolute atomic E-state index is 12.9. The number of carbonyl (C=O) groups is 2. The highest BCUT2D eigenvalue weighted by Gasteiger charge is 2.38. The Hall–Kier alpha value is -2.69. The van der Waals surface area contributed by atoms with Crippen molar-refractivity contribution in [2.24, 2.45) is 0 Å². The van der Waals surface area contributed by atoms with Gasteiger partial charge in [-0.05, 0) is 6.92 Å². The van der Waals surface area contributed by atoms with Crippen molar-refractivity contribution in [1.82, 2.24) is 14.7 Å². The average Bonchev–Trinajstić information content (AvgIpc) is 2.79. The number of imide groups is 1. The van der Waals surface area contributed by atoms with Crippen molar-refractivity contribution in [1.29, 1.82) is 0 Å². The Morgan fingerprint density at radius 1 is 1.27 bits per heavy atom. The number of likely N-dealkylation sites (N-methyl/N-ethyl adjacent to an activating group) is 1. The number of hydrogen-bond acceptors (Lipinski definition) is 5.